The Morgan fingerprint density at radius 2 is 1.43 bits per heavy atom. The van der Waals surface area contributed by atoms with Crippen LogP contribution in [0.3, 0.4) is 0 Å². The maximum Gasteiger partial charge on any atom is 0.193 e. The predicted molar refractivity (Wildman–Crippen MR) is 114 cm³/mol. The first-order chi connectivity index (χ1) is 12.8. The molecule has 0 aliphatic carbocycles. The SMILES string of the molecule is CC(S)c1cc(Cc2cccc(C(=O)C(C)(C)O)c2)cc(C(=O)C(C)(C)O)c1. The number of carbonyl (C=O) groups excluding carboxylic acids is 2. The topological polar surface area (TPSA) is 74.6 Å². The molecule has 0 heterocycles. The molecular weight excluding hydrogens is 372 g/mol. The van der Waals surface area contributed by atoms with Gasteiger partial charge in [0.25, 0.3) is 0 Å². The lowest BCUT2D eigenvalue weighted by Crippen LogP contribution is -2.31. The highest BCUT2D eigenvalue weighted by molar-refractivity contribution is 7.80. The van der Waals surface area contributed by atoms with Gasteiger partial charge in [-0.25, -0.2) is 0 Å². The van der Waals surface area contributed by atoms with Gasteiger partial charge in [-0.05, 0) is 75.9 Å². The first-order valence-electron chi connectivity index (χ1n) is 9.24. The van der Waals surface area contributed by atoms with Gasteiger partial charge in [0.15, 0.2) is 11.6 Å². The summed E-state index contributed by atoms with van der Waals surface area (Å²) in [6.45, 7) is 7.79. The van der Waals surface area contributed by atoms with Gasteiger partial charge in [0.05, 0.1) is 0 Å². The fourth-order valence-corrected chi connectivity index (χ4v) is 3.11. The molecule has 2 rings (SSSR count). The van der Waals surface area contributed by atoms with Crippen molar-refractivity contribution >= 4 is 24.2 Å². The summed E-state index contributed by atoms with van der Waals surface area (Å²) in [6, 6.07) is 12.6. The lowest BCUT2D eigenvalue weighted by Gasteiger charge is -2.18. The minimum Gasteiger partial charge on any atom is -0.382 e. The largest absolute Gasteiger partial charge is 0.382 e. The molecule has 0 fully saturated rings. The van der Waals surface area contributed by atoms with E-state index in [0.29, 0.717) is 17.5 Å². The minimum absolute atomic E-state index is 0.0728. The standard InChI is InChI=1S/C23H28O4S/c1-14(28)18-11-16(12-19(13-18)21(25)23(4,5)27)9-15-7-6-8-17(10-15)20(24)22(2,3)26/h6-8,10-14,26-28H,9H2,1-5H3. The van der Waals surface area contributed by atoms with Crippen molar-refractivity contribution in [2.24, 2.45) is 0 Å². The number of hydrogen-bond acceptors (Lipinski definition) is 5. The van der Waals surface area contributed by atoms with Gasteiger partial charge < -0.3 is 10.2 Å². The Morgan fingerprint density at radius 1 is 0.893 bits per heavy atom. The van der Waals surface area contributed by atoms with Crippen molar-refractivity contribution in [3.05, 3.63) is 70.3 Å². The molecule has 1 atom stereocenters. The van der Waals surface area contributed by atoms with Crippen LogP contribution in [-0.4, -0.2) is 33.0 Å². The van der Waals surface area contributed by atoms with E-state index in [0.717, 1.165) is 16.7 Å². The van der Waals surface area contributed by atoms with Crippen molar-refractivity contribution in [3.8, 4) is 0 Å². The molecule has 0 amide bonds. The Morgan fingerprint density at radius 3 is 1.96 bits per heavy atom. The summed E-state index contributed by atoms with van der Waals surface area (Å²) in [5.74, 6) is -0.694. The van der Waals surface area contributed by atoms with Crippen LogP contribution in [0.1, 0.15) is 77.3 Å². The third-order valence-corrected chi connectivity index (χ3v) is 4.77. The van der Waals surface area contributed by atoms with Crippen LogP contribution >= 0.6 is 12.6 Å². The number of ketones is 2. The Hall–Kier alpha value is -1.95. The van der Waals surface area contributed by atoms with Gasteiger partial charge in [0.1, 0.15) is 11.2 Å². The molecule has 0 radical (unpaired) electrons. The summed E-state index contributed by atoms with van der Waals surface area (Å²) in [5.41, 5.74) is 0.638. The number of Topliss-reactive ketones (excluding diaryl/α,β-unsaturated/α-hetero) is 2. The van der Waals surface area contributed by atoms with Gasteiger partial charge in [-0.1, -0.05) is 24.3 Å². The summed E-state index contributed by atoms with van der Waals surface area (Å²) >= 11 is 4.48. The van der Waals surface area contributed by atoms with Crippen molar-refractivity contribution < 1.29 is 19.8 Å². The molecule has 0 aromatic heterocycles. The number of carbonyl (C=O) groups is 2. The van der Waals surface area contributed by atoms with E-state index >= 15 is 0 Å². The average molecular weight is 401 g/mol. The van der Waals surface area contributed by atoms with Gasteiger partial charge in [-0.15, -0.1) is 0 Å². The molecule has 28 heavy (non-hydrogen) atoms. The zero-order chi connectivity index (χ0) is 21.3. The van der Waals surface area contributed by atoms with E-state index in [2.05, 4.69) is 12.6 Å². The van der Waals surface area contributed by atoms with Crippen molar-refractivity contribution in [1.82, 2.24) is 0 Å². The molecule has 2 aromatic carbocycles. The number of thiol groups is 1. The summed E-state index contributed by atoms with van der Waals surface area (Å²) in [6.07, 6.45) is 0.507. The molecule has 0 saturated carbocycles. The lowest BCUT2D eigenvalue weighted by molar-refractivity contribution is 0.0487. The third-order valence-electron chi connectivity index (χ3n) is 4.47. The second-order valence-corrected chi connectivity index (χ2v) is 9.07. The number of hydrogen-bond donors (Lipinski definition) is 3. The van der Waals surface area contributed by atoms with E-state index in [1.54, 1.807) is 30.3 Å². The van der Waals surface area contributed by atoms with E-state index < -0.39 is 11.2 Å². The van der Waals surface area contributed by atoms with Crippen LogP contribution in [-0.2, 0) is 6.42 Å². The fraction of sp³-hybridized carbons (Fsp3) is 0.391. The zero-order valence-corrected chi connectivity index (χ0v) is 17.9. The maximum atomic E-state index is 12.6. The van der Waals surface area contributed by atoms with Gasteiger partial charge in [-0.2, -0.15) is 12.6 Å². The van der Waals surface area contributed by atoms with E-state index in [4.69, 9.17) is 0 Å². The van der Waals surface area contributed by atoms with Crippen molar-refractivity contribution in [3.63, 3.8) is 0 Å². The van der Waals surface area contributed by atoms with Gasteiger partial charge in [0.2, 0.25) is 0 Å². The Labute approximate surface area is 172 Å². The molecule has 0 spiro atoms. The smallest absolute Gasteiger partial charge is 0.193 e. The van der Waals surface area contributed by atoms with Crippen LogP contribution in [0, 0.1) is 0 Å². The predicted octanol–water partition coefficient (Wildman–Crippen LogP) is 4.18. The number of aliphatic hydroxyl groups is 2. The average Bonchev–Trinajstić information content (AvgIpc) is 2.58. The maximum absolute atomic E-state index is 12.6. The number of benzene rings is 2. The van der Waals surface area contributed by atoms with E-state index in [1.807, 2.05) is 19.1 Å². The number of rotatable bonds is 7. The molecule has 0 aliphatic rings. The molecule has 2 aromatic rings. The highest BCUT2D eigenvalue weighted by Crippen LogP contribution is 2.26. The Kier molecular flexibility index (Phi) is 6.54. The van der Waals surface area contributed by atoms with Crippen LogP contribution in [0.2, 0.25) is 0 Å². The molecule has 1 unspecified atom stereocenters. The van der Waals surface area contributed by atoms with E-state index in [9.17, 15) is 19.8 Å². The highest BCUT2D eigenvalue weighted by atomic mass is 32.1. The molecule has 5 heteroatoms. The molecule has 0 aliphatic heterocycles. The van der Waals surface area contributed by atoms with Crippen LogP contribution in [0.25, 0.3) is 0 Å². The first-order valence-corrected chi connectivity index (χ1v) is 9.76. The molecule has 2 N–H and O–H groups in total. The first kappa shape index (κ1) is 22.3. The molecule has 0 saturated heterocycles. The van der Waals surface area contributed by atoms with Crippen LogP contribution in [0.15, 0.2) is 42.5 Å². The van der Waals surface area contributed by atoms with Crippen molar-refractivity contribution in [2.45, 2.75) is 57.5 Å². The summed E-state index contributed by atoms with van der Waals surface area (Å²) in [7, 11) is 0. The highest BCUT2D eigenvalue weighted by Gasteiger charge is 2.27. The van der Waals surface area contributed by atoms with E-state index in [-0.39, 0.29) is 16.8 Å². The monoisotopic (exact) mass is 400 g/mol. The van der Waals surface area contributed by atoms with Crippen LogP contribution in [0.5, 0.6) is 0 Å². The zero-order valence-electron chi connectivity index (χ0n) is 17.0. The van der Waals surface area contributed by atoms with Gasteiger partial charge in [-0.3, -0.25) is 9.59 Å². The second kappa shape index (κ2) is 8.19. The van der Waals surface area contributed by atoms with Gasteiger partial charge >= 0.3 is 0 Å². The molecular formula is C23H28O4S. The third kappa shape index (κ3) is 5.53. The van der Waals surface area contributed by atoms with Crippen molar-refractivity contribution in [2.75, 3.05) is 0 Å². The molecule has 4 nitrogen and oxygen atoms in total. The summed E-state index contributed by atoms with van der Waals surface area (Å²) < 4.78 is 0. The van der Waals surface area contributed by atoms with Crippen molar-refractivity contribution in [1.29, 1.82) is 0 Å². The summed E-state index contributed by atoms with van der Waals surface area (Å²) in [5, 5.41) is 20.0. The van der Waals surface area contributed by atoms with E-state index in [1.165, 1.54) is 27.7 Å². The second-order valence-electron chi connectivity index (χ2n) is 8.29. The quantitative estimate of drug-likeness (QED) is 0.482. The van der Waals surface area contributed by atoms with Crippen LogP contribution < -0.4 is 0 Å². The van der Waals surface area contributed by atoms with Gasteiger partial charge in [0, 0.05) is 16.4 Å². The van der Waals surface area contributed by atoms with Crippen LogP contribution in [0.4, 0.5) is 0 Å². The summed E-state index contributed by atoms with van der Waals surface area (Å²) in [4.78, 5) is 24.9. The molecule has 150 valence electrons. The fourth-order valence-electron chi connectivity index (χ4n) is 2.96. The minimum atomic E-state index is -1.46. The Bertz CT molecular complexity index is 886. The lowest BCUT2D eigenvalue weighted by atomic mass is 9.90. The Balaban J connectivity index is 2.42. The normalized spacial score (nSPS) is 13.3. The molecule has 0 bridgehead atoms.